The second kappa shape index (κ2) is 4.88. The molecule has 2 nitrogen and oxygen atoms in total. The lowest BCUT2D eigenvalue weighted by molar-refractivity contribution is -0.0697. The summed E-state index contributed by atoms with van der Waals surface area (Å²) in [5, 5.41) is 8.17. The highest BCUT2D eigenvalue weighted by Crippen LogP contribution is 2.33. The van der Waals surface area contributed by atoms with Crippen molar-refractivity contribution < 1.29 is 22.8 Å². The van der Waals surface area contributed by atoms with E-state index in [2.05, 4.69) is 4.65 Å². The normalized spacial score (nSPS) is 12.4. The van der Waals surface area contributed by atoms with Crippen LogP contribution in [0.3, 0.4) is 0 Å². The third-order valence-electron chi connectivity index (χ3n) is 1.64. The van der Waals surface area contributed by atoms with E-state index in [0.29, 0.717) is 6.26 Å². The third-order valence-corrected chi connectivity index (χ3v) is 1.64. The van der Waals surface area contributed by atoms with E-state index in [-0.39, 0.29) is 13.2 Å². The van der Waals surface area contributed by atoms with Gasteiger partial charge in [-0.2, -0.15) is 13.2 Å². The van der Waals surface area contributed by atoms with Crippen molar-refractivity contribution in [2.24, 2.45) is 0 Å². The van der Waals surface area contributed by atoms with Gasteiger partial charge in [-0.15, -0.1) is 0 Å². The highest BCUT2D eigenvalue weighted by atomic mass is 19.4. The van der Waals surface area contributed by atoms with Crippen molar-refractivity contribution in [2.75, 3.05) is 0 Å². The van der Waals surface area contributed by atoms with Gasteiger partial charge in [-0.05, 0) is 5.56 Å². The predicted molar refractivity (Wildman–Crippen MR) is 49.5 cm³/mol. The zero-order chi connectivity index (χ0) is 11.3. The summed E-state index contributed by atoms with van der Waals surface area (Å²) < 4.78 is 41.6. The second-order valence-corrected chi connectivity index (χ2v) is 2.64. The lowest BCUT2D eigenvalue weighted by Gasteiger charge is -2.11. The average Bonchev–Trinajstić information content (AvgIpc) is 2.18. The fraction of sp³-hybridized carbons (Fsp3) is 0.111. The maximum atomic E-state index is 12.5. The largest absolute Gasteiger partial charge is 0.569 e. The molecule has 0 atom stereocenters. The van der Waals surface area contributed by atoms with Gasteiger partial charge in [0.05, 0.1) is 11.8 Å². The molecule has 1 aromatic rings. The third kappa shape index (κ3) is 3.32. The number of hydrogen-bond donors (Lipinski definition) is 1. The molecule has 0 aliphatic carbocycles. The first-order chi connectivity index (χ1) is 7.05. The monoisotopic (exact) mass is 215 g/mol. The van der Waals surface area contributed by atoms with Crippen LogP contribution < -0.4 is 0 Å². The number of rotatable bonds is 3. The fourth-order valence-electron chi connectivity index (χ4n) is 1.01. The SMILES string of the molecule is O[B]O/C=C(/c1ccccc1)C(F)(F)F. The summed E-state index contributed by atoms with van der Waals surface area (Å²) in [5.74, 6) is 0. The summed E-state index contributed by atoms with van der Waals surface area (Å²) in [5.41, 5.74) is -0.972. The summed E-state index contributed by atoms with van der Waals surface area (Å²) in [4.78, 5) is 0. The minimum absolute atomic E-state index is 0.0214. The number of hydrogen-bond acceptors (Lipinski definition) is 2. The molecule has 0 fully saturated rings. The average molecular weight is 215 g/mol. The van der Waals surface area contributed by atoms with E-state index in [9.17, 15) is 13.2 Å². The van der Waals surface area contributed by atoms with E-state index in [0.717, 1.165) is 0 Å². The Labute approximate surface area is 85.3 Å². The first kappa shape index (κ1) is 11.6. The smallest absolute Gasteiger partial charge is 0.543 e. The first-order valence-corrected chi connectivity index (χ1v) is 4.00. The van der Waals surface area contributed by atoms with Gasteiger partial charge in [0, 0.05) is 0 Å². The van der Waals surface area contributed by atoms with Crippen LogP contribution in [0.2, 0.25) is 0 Å². The first-order valence-electron chi connectivity index (χ1n) is 4.00. The Bertz CT molecular complexity index is 335. The quantitative estimate of drug-likeness (QED) is 0.618. The molecule has 0 bridgehead atoms. The van der Waals surface area contributed by atoms with Crippen LogP contribution in [0, 0.1) is 0 Å². The highest BCUT2D eigenvalue weighted by molar-refractivity contribution is 6.16. The van der Waals surface area contributed by atoms with Gasteiger partial charge >= 0.3 is 13.9 Å². The Balaban J connectivity index is 3.03. The van der Waals surface area contributed by atoms with Gasteiger partial charge in [0.25, 0.3) is 0 Å². The topological polar surface area (TPSA) is 29.5 Å². The molecule has 0 aromatic heterocycles. The van der Waals surface area contributed by atoms with Gasteiger partial charge in [0.1, 0.15) is 0 Å². The van der Waals surface area contributed by atoms with Crippen LogP contribution in [0.25, 0.3) is 5.57 Å². The predicted octanol–water partition coefficient (Wildman–Crippen LogP) is 2.13. The molecule has 0 saturated carbocycles. The summed E-state index contributed by atoms with van der Waals surface area (Å²) in [6.45, 7) is 0. The number of benzene rings is 1. The Kier molecular flexibility index (Phi) is 3.79. The van der Waals surface area contributed by atoms with Gasteiger partial charge in [-0.1, -0.05) is 30.3 Å². The maximum absolute atomic E-state index is 12.5. The fourth-order valence-corrected chi connectivity index (χ4v) is 1.01. The van der Waals surface area contributed by atoms with Gasteiger partial charge in [-0.25, -0.2) is 0 Å². The molecule has 1 N–H and O–H groups in total. The van der Waals surface area contributed by atoms with Gasteiger partial charge in [0.15, 0.2) is 0 Å². The zero-order valence-corrected chi connectivity index (χ0v) is 7.53. The van der Waals surface area contributed by atoms with Crippen LogP contribution in [-0.4, -0.2) is 18.9 Å². The molecular formula is C9H7BF3O2. The lowest BCUT2D eigenvalue weighted by atomic mass is 10.1. The van der Waals surface area contributed by atoms with Gasteiger partial charge < -0.3 is 9.68 Å². The number of alkyl halides is 3. The molecule has 1 aromatic carbocycles. The second-order valence-electron chi connectivity index (χ2n) is 2.64. The van der Waals surface area contributed by atoms with Crippen molar-refractivity contribution >= 4 is 13.3 Å². The molecule has 0 amide bonds. The Morgan fingerprint density at radius 3 is 2.33 bits per heavy atom. The van der Waals surface area contributed by atoms with E-state index >= 15 is 0 Å². The van der Waals surface area contributed by atoms with Crippen LogP contribution >= 0.6 is 0 Å². The number of allylic oxidation sites excluding steroid dienone is 1. The lowest BCUT2D eigenvalue weighted by Crippen LogP contribution is -2.11. The Morgan fingerprint density at radius 2 is 1.87 bits per heavy atom. The van der Waals surface area contributed by atoms with E-state index in [1.807, 2.05) is 0 Å². The molecule has 1 radical (unpaired) electrons. The molecule has 0 aliphatic rings. The van der Waals surface area contributed by atoms with E-state index < -0.39 is 11.7 Å². The number of halogens is 3. The molecule has 1 rings (SSSR count). The Morgan fingerprint density at radius 1 is 1.27 bits per heavy atom. The molecule has 15 heavy (non-hydrogen) atoms. The van der Waals surface area contributed by atoms with Crippen molar-refractivity contribution in [1.29, 1.82) is 0 Å². The van der Waals surface area contributed by atoms with E-state index in [4.69, 9.17) is 5.02 Å². The van der Waals surface area contributed by atoms with Crippen molar-refractivity contribution in [2.45, 2.75) is 6.18 Å². The molecule has 0 spiro atoms. The molecule has 0 aliphatic heterocycles. The summed E-state index contributed by atoms with van der Waals surface area (Å²) in [6.07, 6.45) is -4.07. The zero-order valence-electron chi connectivity index (χ0n) is 7.53. The van der Waals surface area contributed by atoms with Crippen molar-refractivity contribution in [3.8, 4) is 0 Å². The minimum Gasteiger partial charge on any atom is -0.543 e. The molecule has 0 unspecified atom stereocenters. The van der Waals surface area contributed by atoms with Crippen LogP contribution in [0.15, 0.2) is 36.6 Å². The van der Waals surface area contributed by atoms with Gasteiger partial charge in [0.2, 0.25) is 0 Å². The molecule has 0 saturated heterocycles. The van der Waals surface area contributed by atoms with Crippen molar-refractivity contribution in [3.63, 3.8) is 0 Å². The van der Waals surface area contributed by atoms with E-state index in [1.165, 1.54) is 24.3 Å². The molecular weight excluding hydrogens is 208 g/mol. The summed E-state index contributed by atoms with van der Waals surface area (Å²) in [7, 11) is 0.189. The van der Waals surface area contributed by atoms with Crippen molar-refractivity contribution in [1.82, 2.24) is 0 Å². The molecule has 79 valence electrons. The minimum atomic E-state index is -4.52. The summed E-state index contributed by atoms with van der Waals surface area (Å²) in [6, 6.07) is 7.19. The van der Waals surface area contributed by atoms with Crippen LogP contribution in [0.4, 0.5) is 13.2 Å². The van der Waals surface area contributed by atoms with Gasteiger partial charge in [-0.3, -0.25) is 0 Å². The Hall–Kier alpha value is -1.43. The van der Waals surface area contributed by atoms with Crippen LogP contribution in [0.1, 0.15) is 5.56 Å². The van der Waals surface area contributed by atoms with Crippen molar-refractivity contribution in [3.05, 3.63) is 42.2 Å². The molecule has 0 heterocycles. The maximum Gasteiger partial charge on any atom is 0.569 e. The highest BCUT2D eigenvalue weighted by Gasteiger charge is 2.35. The van der Waals surface area contributed by atoms with Crippen LogP contribution in [0.5, 0.6) is 0 Å². The molecule has 6 heteroatoms. The summed E-state index contributed by atoms with van der Waals surface area (Å²) >= 11 is 0. The standard InChI is InChI=1S/C9H7BF3O2/c11-9(12,13)8(6-15-10-14)7-4-2-1-3-5-7/h1-6,14H/b8-6-. The van der Waals surface area contributed by atoms with Crippen LogP contribution in [-0.2, 0) is 4.65 Å². The van der Waals surface area contributed by atoms with E-state index in [1.54, 1.807) is 6.07 Å².